The first-order valence-corrected chi connectivity index (χ1v) is 6.10. The molecular weight excluding hydrogens is 295 g/mol. The van der Waals surface area contributed by atoms with Gasteiger partial charge in [0.2, 0.25) is 0 Å². The molecule has 2 aromatic rings. The first-order chi connectivity index (χ1) is 7.65. The number of halogens is 2. The number of rotatable bonds is 3. The van der Waals surface area contributed by atoms with Crippen LogP contribution < -0.4 is 10.5 Å². The Balaban J connectivity index is 2.07. The Morgan fingerprint density at radius 3 is 3.00 bits per heavy atom. The Bertz CT molecular complexity index is 503. The van der Waals surface area contributed by atoms with Gasteiger partial charge in [-0.25, -0.2) is 9.37 Å². The molecule has 1 heterocycles. The van der Waals surface area contributed by atoms with Gasteiger partial charge < -0.3 is 10.5 Å². The van der Waals surface area contributed by atoms with Gasteiger partial charge in [-0.15, -0.1) is 11.3 Å². The number of thiazole rings is 1. The van der Waals surface area contributed by atoms with Crippen LogP contribution in [0.25, 0.3) is 0 Å². The van der Waals surface area contributed by atoms with Gasteiger partial charge in [0, 0.05) is 9.85 Å². The zero-order chi connectivity index (χ0) is 11.5. The van der Waals surface area contributed by atoms with Crippen molar-refractivity contribution in [2.45, 2.75) is 6.61 Å². The monoisotopic (exact) mass is 302 g/mol. The van der Waals surface area contributed by atoms with Crippen LogP contribution in [0, 0.1) is 5.82 Å². The first kappa shape index (κ1) is 11.3. The van der Waals surface area contributed by atoms with Gasteiger partial charge in [0.25, 0.3) is 0 Å². The third-order valence-electron chi connectivity index (χ3n) is 1.84. The maximum absolute atomic E-state index is 13.3. The molecule has 6 heteroatoms. The summed E-state index contributed by atoms with van der Waals surface area (Å²) in [4.78, 5) is 4.01. The number of hydrogen-bond donors (Lipinski definition) is 1. The second-order valence-electron chi connectivity index (χ2n) is 3.04. The molecule has 0 atom stereocenters. The minimum absolute atomic E-state index is 0.195. The van der Waals surface area contributed by atoms with Crippen molar-refractivity contribution in [3.63, 3.8) is 0 Å². The third-order valence-corrected chi connectivity index (χ3v) is 3.05. The van der Waals surface area contributed by atoms with E-state index in [1.807, 2.05) is 0 Å². The molecule has 3 nitrogen and oxygen atoms in total. The van der Waals surface area contributed by atoms with Crippen molar-refractivity contribution in [2.24, 2.45) is 0 Å². The standard InChI is InChI=1S/C10H8BrFN2OS/c11-6-1-2-8(12)9(3-6)15-4-7-5-16-10(13)14-7/h1-3,5H,4H2,(H2,13,14). The van der Waals surface area contributed by atoms with Crippen LogP contribution >= 0.6 is 27.3 Å². The average molecular weight is 303 g/mol. The second-order valence-corrected chi connectivity index (χ2v) is 4.85. The van der Waals surface area contributed by atoms with E-state index in [0.29, 0.717) is 10.8 Å². The van der Waals surface area contributed by atoms with E-state index in [4.69, 9.17) is 10.5 Å². The lowest BCUT2D eigenvalue weighted by molar-refractivity contribution is 0.286. The van der Waals surface area contributed by atoms with Gasteiger partial charge in [-0.3, -0.25) is 0 Å². The Kier molecular flexibility index (Phi) is 3.40. The number of ether oxygens (including phenoxy) is 1. The molecule has 1 aromatic heterocycles. The molecule has 0 bridgehead atoms. The minimum atomic E-state index is -0.397. The number of benzene rings is 1. The molecule has 0 aliphatic heterocycles. The summed E-state index contributed by atoms with van der Waals surface area (Å²) in [6, 6.07) is 4.53. The van der Waals surface area contributed by atoms with Crippen molar-refractivity contribution in [3.8, 4) is 5.75 Å². The van der Waals surface area contributed by atoms with Crippen LogP contribution in [0.1, 0.15) is 5.69 Å². The highest BCUT2D eigenvalue weighted by Gasteiger charge is 2.05. The number of hydrogen-bond acceptors (Lipinski definition) is 4. The average Bonchev–Trinajstić information content (AvgIpc) is 2.66. The summed E-state index contributed by atoms with van der Waals surface area (Å²) in [5, 5.41) is 2.26. The van der Waals surface area contributed by atoms with Gasteiger partial charge in [-0.05, 0) is 18.2 Å². The van der Waals surface area contributed by atoms with Gasteiger partial charge >= 0.3 is 0 Å². The number of nitrogens with two attached hydrogens (primary N) is 1. The van der Waals surface area contributed by atoms with Crippen molar-refractivity contribution in [1.29, 1.82) is 0 Å². The van der Waals surface area contributed by atoms with Crippen LogP contribution in [-0.4, -0.2) is 4.98 Å². The summed E-state index contributed by atoms with van der Waals surface area (Å²) in [7, 11) is 0. The SMILES string of the molecule is Nc1nc(COc2cc(Br)ccc2F)cs1. The van der Waals surface area contributed by atoms with Crippen molar-refractivity contribution < 1.29 is 9.13 Å². The summed E-state index contributed by atoms with van der Waals surface area (Å²) in [5.74, 6) is -0.202. The molecule has 0 amide bonds. The fourth-order valence-corrected chi connectivity index (χ4v) is 2.02. The maximum atomic E-state index is 13.3. The van der Waals surface area contributed by atoms with Crippen LogP contribution in [0.4, 0.5) is 9.52 Å². The summed E-state index contributed by atoms with van der Waals surface area (Å²) >= 11 is 4.58. The zero-order valence-corrected chi connectivity index (χ0v) is 10.5. The molecule has 0 unspecified atom stereocenters. The molecule has 0 spiro atoms. The van der Waals surface area contributed by atoms with Gasteiger partial charge in [0.05, 0.1) is 5.69 Å². The Morgan fingerprint density at radius 1 is 1.50 bits per heavy atom. The lowest BCUT2D eigenvalue weighted by Gasteiger charge is -2.05. The Morgan fingerprint density at radius 2 is 2.31 bits per heavy atom. The maximum Gasteiger partial charge on any atom is 0.180 e. The van der Waals surface area contributed by atoms with Crippen molar-refractivity contribution >= 4 is 32.4 Å². The number of nitrogen functional groups attached to an aromatic ring is 1. The summed E-state index contributed by atoms with van der Waals surface area (Å²) in [6.07, 6.45) is 0. The summed E-state index contributed by atoms with van der Waals surface area (Å²) in [5.41, 5.74) is 6.17. The molecule has 0 radical (unpaired) electrons. The molecule has 0 fully saturated rings. The quantitative estimate of drug-likeness (QED) is 0.947. The van der Waals surface area contributed by atoms with E-state index in [0.717, 1.165) is 4.47 Å². The van der Waals surface area contributed by atoms with Crippen molar-refractivity contribution in [2.75, 3.05) is 5.73 Å². The molecule has 84 valence electrons. The molecule has 16 heavy (non-hydrogen) atoms. The molecule has 2 N–H and O–H groups in total. The summed E-state index contributed by atoms with van der Waals surface area (Å²) < 4.78 is 19.4. The van der Waals surface area contributed by atoms with E-state index in [-0.39, 0.29) is 12.4 Å². The highest BCUT2D eigenvalue weighted by atomic mass is 79.9. The molecule has 0 aliphatic rings. The Hall–Kier alpha value is -1.14. The van der Waals surface area contributed by atoms with E-state index < -0.39 is 5.82 Å². The fourth-order valence-electron chi connectivity index (χ4n) is 1.13. The number of anilines is 1. The lowest BCUT2D eigenvalue weighted by atomic mass is 10.3. The van der Waals surface area contributed by atoms with Crippen LogP contribution in [0.15, 0.2) is 28.1 Å². The molecule has 0 saturated heterocycles. The minimum Gasteiger partial charge on any atom is -0.484 e. The smallest absolute Gasteiger partial charge is 0.180 e. The van der Waals surface area contributed by atoms with Crippen molar-refractivity contribution in [3.05, 3.63) is 39.6 Å². The van der Waals surface area contributed by atoms with Crippen LogP contribution in [0.2, 0.25) is 0 Å². The van der Waals surface area contributed by atoms with E-state index in [9.17, 15) is 4.39 Å². The van der Waals surface area contributed by atoms with E-state index in [2.05, 4.69) is 20.9 Å². The number of aromatic nitrogens is 1. The normalized spacial score (nSPS) is 10.4. The third kappa shape index (κ3) is 2.70. The zero-order valence-electron chi connectivity index (χ0n) is 8.11. The van der Waals surface area contributed by atoms with E-state index >= 15 is 0 Å². The second kappa shape index (κ2) is 4.80. The van der Waals surface area contributed by atoms with Crippen LogP contribution in [0.3, 0.4) is 0 Å². The van der Waals surface area contributed by atoms with Crippen LogP contribution in [-0.2, 0) is 6.61 Å². The highest BCUT2D eigenvalue weighted by Crippen LogP contribution is 2.23. The molecule has 2 rings (SSSR count). The predicted octanol–water partition coefficient (Wildman–Crippen LogP) is 3.21. The molecule has 1 aromatic carbocycles. The topological polar surface area (TPSA) is 48.1 Å². The first-order valence-electron chi connectivity index (χ1n) is 4.43. The van der Waals surface area contributed by atoms with Gasteiger partial charge in [0.15, 0.2) is 16.7 Å². The van der Waals surface area contributed by atoms with Gasteiger partial charge in [-0.1, -0.05) is 15.9 Å². The fraction of sp³-hybridized carbons (Fsp3) is 0.100. The lowest BCUT2D eigenvalue weighted by Crippen LogP contribution is -1.98. The molecule has 0 saturated carbocycles. The predicted molar refractivity (Wildman–Crippen MR) is 65.0 cm³/mol. The van der Waals surface area contributed by atoms with Gasteiger partial charge in [0.1, 0.15) is 6.61 Å². The van der Waals surface area contributed by atoms with Crippen molar-refractivity contribution in [1.82, 2.24) is 4.98 Å². The van der Waals surface area contributed by atoms with E-state index in [1.165, 1.54) is 17.4 Å². The highest BCUT2D eigenvalue weighted by molar-refractivity contribution is 9.10. The summed E-state index contributed by atoms with van der Waals surface area (Å²) in [6.45, 7) is 0.209. The van der Waals surface area contributed by atoms with Gasteiger partial charge in [-0.2, -0.15) is 0 Å². The Labute approximate surface area is 104 Å². The largest absolute Gasteiger partial charge is 0.484 e. The molecular formula is C10H8BrFN2OS. The van der Waals surface area contributed by atoms with Crippen LogP contribution in [0.5, 0.6) is 5.75 Å². The molecule has 0 aliphatic carbocycles. The van der Waals surface area contributed by atoms with E-state index in [1.54, 1.807) is 17.5 Å². The number of nitrogens with zero attached hydrogens (tertiary/aromatic N) is 1.